The summed E-state index contributed by atoms with van der Waals surface area (Å²) in [5.74, 6) is 0.433. The third kappa shape index (κ3) is 4.08. The predicted molar refractivity (Wildman–Crippen MR) is 136 cm³/mol. The van der Waals surface area contributed by atoms with Crippen molar-refractivity contribution in [3.8, 4) is 5.69 Å². The second-order valence-electron chi connectivity index (χ2n) is 8.00. The maximum Gasteiger partial charge on any atom is 0.267 e. The zero-order valence-corrected chi connectivity index (χ0v) is 19.7. The highest BCUT2D eigenvalue weighted by Gasteiger charge is 2.18. The van der Waals surface area contributed by atoms with Crippen molar-refractivity contribution in [2.75, 3.05) is 11.1 Å². The lowest BCUT2D eigenvalue weighted by Gasteiger charge is -2.12. The molecule has 0 fully saturated rings. The fourth-order valence-corrected chi connectivity index (χ4v) is 4.68. The number of hydrogen-bond acceptors (Lipinski definition) is 5. The summed E-state index contributed by atoms with van der Waals surface area (Å²) < 4.78 is 3.42. The van der Waals surface area contributed by atoms with Gasteiger partial charge in [0.25, 0.3) is 5.56 Å². The van der Waals surface area contributed by atoms with E-state index in [2.05, 4.69) is 22.4 Å². The molecule has 1 N–H and O–H groups in total. The van der Waals surface area contributed by atoms with Gasteiger partial charge in [-0.1, -0.05) is 55.1 Å². The van der Waals surface area contributed by atoms with Crippen LogP contribution in [0.2, 0.25) is 0 Å². The minimum Gasteiger partial charge on any atom is -0.325 e. The summed E-state index contributed by atoms with van der Waals surface area (Å²) in [6, 6.07) is 22.9. The van der Waals surface area contributed by atoms with Crippen LogP contribution in [0.15, 0.2) is 82.7 Å². The highest BCUT2D eigenvalue weighted by Crippen LogP contribution is 2.23. The number of benzene rings is 3. The summed E-state index contributed by atoms with van der Waals surface area (Å²) in [5, 5.41) is 12.7. The molecular weight excluding hydrogens is 446 g/mol. The number of carbonyl (C=O) groups is 1. The number of nitrogens with zero attached hydrogens (tertiary/aromatic N) is 4. The van der Waals surface area contributed by atoms with Crippen molar-refractivity contribution >= 4 is 40.0 Å². The molecule has 2 aromatic heterocycles. The molecule has 0 spiro atoms. The molecule has 0 unspecified atom stereocenters. The van der Waals surface area contributed by atoms with E-state index in [1.165, 1.54) is 17.3 Å². The average Bonchev–Trinajstić information content (AvgIpc) is 3.27. The first kappa shape index (κ1) is 21.9. The molecule has 7 nitrogen and oxygen atoms in total. The van der Waals surface area contributed by atoms with Crippen LogP contribution >= 0.6 is 11.8 Å². The van der Waals surface area contributed by atoms with Gasteiger partial charge in [-0.2, -0.15) is 0 Å². The molecule has 1 amide bonds. The lowest BCUT2D eigenvalue weighted by atomic mass is 10.1. The predicted octanol–water partition coefficient (Wildman–Crippen LogP) is 4.64. The van der Waals surface area contributed by atoms with Gasteiger partial charge >= 0.3 is 0 Å². The fourth-order valence-electron chi connectivity index (χ4n) is 3.94. The first-order valence-corrected chi connectivity index (χ1v) is 12.0. The van der Waals surface area contributed by atoms with Gasteiger partial charge in [-0.05, 0) is 60.9 Å². The molecule has 0 atom stereocenters. The summed E-state index contributed by atoms with van der Waals surface area (Å²) in [6.07, 6.45) is 0.915. The van der Waals surface area contributed by atoms with Crippen molar-refractivity contribution in [3.05, 3.63) is 94.3 Å². The Morgan fingerprint density at radius 2 is 1.79 bits per heavy atom. The topological polar surface area (TPSA) is 81.3 Å². The van der Waals surface area contributed by atoms with Crippen LogP contribution in [0.4, 0.5) is 5.69 Å². The number of para-hydroxylation sites is 1. The third-order valence-electron chi connectivity index (χ3n) is 5.63. The van der Waals surface area contributed by atoms with Gasteiger partial charge in [-0.25, -0.2) is 4.57 Å². The van der Waals surface area contributed by atoms with Crippen molar-refractivity contribution in [2.24, 2.45) is 0 Å². The van der Waals surface area contributed by atoms with Crippen LogP contribution in [0.3, 0.4) is 0 Å². The van der Waals surface area contributed by atoms with E-state index in [4.69, 9.17) is 0 Å². The van der Waals surface area contributed by atoms with Gasteiger partial charge in [-0.3, -0.25) is 14.0 Å². The zero-order chi connectivity index (χ0) is 23.7. The van der Waals surface area contributed by atoms with Crippen LogP contribution in [0.25, 0.3) is 22.4 Å². The van der Waals surface area contributed by atoms with Crippen LogP contribution in [0.5, 0.6) is 0 Å². The van der Waals surface area contributed by atoms with Gasteiger partial charge in [0.05, 0.1) is 22.3 Å². The number of aryl methyl sites for hydroxylation is 2. The van der Waals surface area contributed by atoms with Gasteiger partial charge < -0.3 is 5.32 Å². The number of anilines is 1. The van der Waals surface area contributed by atoms with Crippen LogP contribution in [0.1, 0.15) is 18.1 Å². The number of hydrogen-bond donors (Lipinski definition) is 1. The van der Waals surface area contributed by atoms with Crippen LogP contribution in [0, 0.1) is 6.92 Å². The minimum absolute atomic E-state index is 0.139. The number of rotatable bonds is 6. The Balaban J connectivity index is 1.54. The van der Waals surface area contributed by atoms with E-state index in [9.17, 15) is 9.59 Å². The van der Waals surface area contributed by atoms with E-state index in [1.54, 1.807) is 10.6 Å². The molecule has 5 rings (SSSR count). The Hall–Kier alpha value is -3.91. The smallest absolute Gasteiger partial charge is 0.267 e. The lowest BCUT2D eigenvalue weighted by Crippen LogP contribution is -2.22. The summed E-state index contributed by atoms with van der Waals surface area (Å²) in [7, 11) is 0. The molecule has 2 heterocycles. The Bertz CT molecular complexity index is 1570. The molecular formula is C26H23N5O2S. The van der Waals surface area contributed by atoms with Gasteiger partial charge in [-0.15, -0.1) is 10.2 Å². The molecule has 170 valence electrons. The van der Waals surface area contributed by atoms with E-state index in [1.807, 2.05) is 78.1 Å². The molecule has 0 aliphatic carbocycles. The molecule has 5 aromatic rings. The van der Waals surface area contributed by atoms with Crippen molar-refractivity contribution < 1.29 is 4.79 Å². The SMILES string of the molecule is CCc1ccc(-n2c(=O)c3ccccc3n3c(SCC(=O)Nc4cccc(C)c4)nnc23)cc1. The van der Waals surface area contributed by atoms with Gasteiger partial charge in [0, 0.05) is 5.69 Å². The Morgan fingerprint density at radius 3 is 2.56 bits per heavy atom. The fraction of sp³-hybridized carbons (Fsp3) is 0.154. The van der Waals surface area contributed by atoms with Crippen LogP contribution in [-0.2, 0) is 11.2 Å². The van der Waals surface area contributed by atoms with E-state index in [0.717, 1.165) is 23.4 Å². The number of amides is 1. The van der Waals surface area contributed by atoms with Crippen molar-refractivity contribution in [2.45, 2.75) is 25.4 Å². The molecule has 0 saturated carbocycles. The molecule has 0 aliphatic rings. The van der Waals surface area contributed by atoms with Crippen LogP contribution in [-0.4, -0.2) is 30.8 Å². The summed E-state index contributed by atoms with van der Waals surface area (Å²) in [6.45, 7) is 4.07. The summed E-state index contributed by atoms with van der Waals surface area (Å²) in [5.41, 5.74) is 4.28. The molecule has 8 heteroatoms. The van der Waals surface area contributed by atoms with Crippen LogP contribution < -0.4 is 10.9 Å². The van der Waals surface area contributed by atoms with E-state index >= 15 is 0 Å². The average molecular weight is 470 g/mol. The van der Waals surface area contributed by atoms with E-state index in [-0.39, 0.29) is 17.2 Å². The summed E-state index contributed by atoms with van der Waals surface area (Å²) in [4.78, 5) is 26.0. The van der Waals surface area contributed by atoms with E-state index < -0.39 is 0 Å². The molecule has 0 bridgehead atoms. The highest BCUT2D eigenvalue weighted by atomic mass is 32.2. The Kier molecular flexibility index (Phi) is 5.90. The third-order valence-corrected chi connectivity index (χ3v) is 6.56. The minimum atomic E-state index is -0.159. The number of nitrogens with one attached hydrogen (secondary N) is 1. The quantitative estimate of drug-likeness (QED) is 0.367. The van der Waals surface area contributed by atoms with Gasteiger partial charge in [0.1, 0.15) is 0 Å². The highest BCUT2D eigenvalue weighted by molar-refractivity contribution is 7.99. The molecule has 0 aliphatic heterocycles. The van der Waals surface area contributed by atoms with Crippen molar-refractivity contribution in [3.63, 3.8) is 0 Å². The zero-order valence-electron chi connectivity index (χ0n) is 18.9. The largest absolute Gasteiger partial charge is 0.325 e. The maximum absolute atomic E-state index is 13.4. The summed E-state index contributed by atoms with van der Waals surface area (Å²) >= 11 is 1.28. The standard InChI is InChI=1S/C26H23N5O2S/c1-3-18-11-13-20(14-12-18)30-24(33)21-9-4-5-10-22(21)31-25(30)28-29-26(31)34-16-23(32)27-19-8-6-7-17(2)15-19/h4-15H,3,16H2,1-2H3,(H,27,32). The Labute approximate surface area is 200 Å². The number of thioether (sulfide) groups is 1. The maximum atomic E-state index is 13.4. The van der Waals surface area contributed by atoms with Crippen molar-refractivity contribution in [1.29, 1.82) is 0 Å². The van der Waals surface area contributed by atoms with Gasteiger partial charge in [0.2, 0.25) is 11.7 Å². The second-order valence-corrected chi connectivity index (χ2v) is 8.94. The molecule has 34 heavy (non-hydrogen) atoms. The molecule has 3 aromatic carbocycles. The van der Waals surface area contributed by atoms with Gasteiger partial charge in [0.15, 0.2) is 5.16 Å². The first-order chi connectivity index (χ1) is 16.5. The van der Waals surface area contributed by atoms with Crippen molar-refractivity contribution in [1.82, 2.24) is 19.2 Å². The van der Waals surface area contributed by atoms with E-state index in [0.29, 0.717) is 21.8 Å². The number of aromatic nitrogens is 4. The number of fused-ring (bicyclic) bond motifs is 3. The number of carbonyl (C=O) groups excluding carboxylic acids is 1. The first-order valence-electron chi connectivity index (χ1n) is 11.0. The monoisotopic (exact) mass is 469 g/mol. The lowest BCUT2D eigenvalue weighted by molar-refractivity contribution is -0.113. The molecule has 0 radical (unpaired) electrons. The normalized spacial score (nSPS) is 11.2. The molecule has 0 saturated heterocycles. The second kappa shape index (κ2) is 9.15. The Morgan fingerprint density at radius 1 is 1.00 bits per heavy atom.